The van der Waals surface area contributed by atoms with Crippen LogP contribution in [0.4, 0.5) is 0 Å². The lowest BCUT2D eigenvalue weighted by Gasteiger charge is -2.36. The molecule has 1 aromatic rings. The second kappa shape index (κ2) is 5.46. The van der Waals surface area contributed by atoms with Gasteiger partial charge in [-0.15, -0.1) is 0 Å². The van der Waals surface area contributed by atoms with Crippen molar-refractivity contribution in [1.29, 1.82) is 0 Å². The standard InChI is InChI=1S/C12H16O5/c13-7-11-9(14)6-10(15)12(17-11)16-8-4-2-1-3-5-8/h1-5,9-15H,6-7H2/t9-,10+,11+,12-/m0/s1. The Hall–Kier alpha value is -1.14. The highest BCUT2D eigenvalue weighted by molar-refractivity contribution is 5.21. The van der Waals surface area contributed by atoms with Crippen molar-refractivity contribution in [2.75, 3.05) is 6.61 Å². The molecule has 0 aromatic heterocycles. The van der Waals surface area contributed by atoms with Gasteiger partial charge in [0.1, 0.15) is 18.0 Å². The van der Waals surface area contributed by atoms with Crippen LogP contribution in [0.5, 0.6) is 5.75 Å². The average Bonchev–Trinajstić information content (AvgIpc) is 2.34. The largest absolute Gasteiger partial charge is 0.462 e. The Labute approximate surface area is 99.2 Å². The van der Waals surface area contributed by atoms with Crippen molar-refractivity contribution in [2.24, 2.45) is 0 Å². The molecule has 4 atom stereocenters. The van der Waals surface area contributed by atoms with Gasteiger partial charge >= 0.3 is 0 Å². The summed E-state index contributed by atoms with van der Waals surface area (Å²) in [5.41, 5.74) is 0. The minimum absolute atomic E-state index is 0.128. The maximum atomic E-state index is 9.72. The molecule has 17 heavy (non-hydrogen) atoms. The number of hydrogen-bond acceptors (Lipinski definition) is 5. The molecule has 0 unspecified atom stereocenters. The molecule has 5 heteroatoms. The molecular weight excluding hydrogens is 224 g/mol. The fraction of sp³-hybridized carbons (Fsp3) is 0.500. The van der Waals surface area contributed by atoms with Crippen molar-refractivity contribution in [2.45, 2.75) is 31.0 Å². The summed E-state index contributed by atoms with van der Waals surface area (Å²) in [4.78, 5) is 0. The number of ether oxygens (including phenoxy) is 2. The van der Waals surface area contributed by atoms with Gasteiger partial charge in [-0.2, -0.15) is 0 Å². The normalized spacial score (nSPS) is 33.4. The minimum Gasteiger partial charge on any atom is -0.462 e. The number of aliphatic hydroxyl groups is 3. The van der Waals surface area contributed by atoms with Crippen LogP contribution in [0.15, 0.2) is 30.3 Å². The molecule has 1 aliphatic heterocycles. The molecule has 1 fully saturated rings. The topological polar surface area (TPSA) is 79.2 Å². The summed E-state index contributed by atoms with van der Waals surface area (Å²) in [5, 5.41) is 28.3. The van der Waals surface area contributed by atoms with Crippen LogP contribution in [0.3, 0.4) is 0 Å². The van der Waals surface area contributed by atoms with Crippen LogP contribution in [-0.4, -0.2) is 46.5 Å². The molecule has 94 valence electrons. The molecular formula is C12H16O5. The van der Waals surface area contributed by atoms with E-state index in [4.69, 9.17) is 14.6 Å². The van der Waals surface area contributed by atoms with Gasteiger partial charge in [0.25, 0.3) is 0 Å². The van der Waals surface area contributed by atoms with Crippen molar-refractivity contribution in [3.63, 3.8) is 0 Å². The predicted octanol–water partition coefficient (Wildman–Crippen LogP) is -0.106. The van der Waals surface area contributed by atoms with Gasteiger partial charge in [0, 0.05) is 6.42 Å². The van der Waals surface area contributed by atoms with Crippen molar-refractivity contribution in [3.8, 4) is 5.75 Å². The predicted molar refractivity (Wildman–Crippen MR) is 59.4 cm³/mol. The van der Waals surface area contributed by atoms with Gasteiger partial charge in [0.05, 0.1) is 12.7 Å². The Bertz CT molecular complexity index is 342. The highest BCUT2D eigenvalue weighted by Gasteiger charge is 2.37. The molecule has 0 saturated carbocycles. The lowest BCUT2D eigenvalue weighted by Crippen LogP contribution is -2.50. The zero-order valence-electron chi connectivity index (χ0n) is 9.27. The molecule has 1 heterocycles. The molecule has 2 rings (SSSR count). The third kappa shape index (κ3) is 2.95. The first-order chi connectivity index (χ1) is 8.20. The quantitative estimate of drug-likeness (QED) is 0.687. The zero-order valence-corrected chi connectivity index (χ0v) is 9.27. The van der Waals surface area contributed by atoms with Crippen LogP contribution in [-0.2, 0) is 4.74 Å². The van der Waals surface area contributed by atoms with Crippen LogP contribution in [0.1, 0.15) is 6.42 Å². The van der Waals surface area contributed by atoms with Gasteiger partial charge in [0.15, 0.2) is 0 Å². The van der Waals surface area contributed by atoms with E-state index in [0.717, 1.165) is 0 Å². The van der Waals surface area contributed by atoms with Gasteiger partial charge in [-0.1, -0.05) is 18.2 Å². The summed E-state index contributed by atoms with van der Waals surface area (Å²) in [6, 6.07) is 8.96. The Kier molecular flexibility index (Phi) is 3.96. The molecule has 1 aromatic carbocycles. The molecule has 1 aliphatic rings. The Morgan fingerprint density at radius 2 is 1.88 bits per heavy atom. The monoisotopic (exact) mass is 240 g/mol. The maximum Gasteiger partial charge on any atom is 0.226 e. The third-order valence-electron chi connectivity index (χ3n) is 2.71. The first-order valence-electron chi connectivity index (χ1n) is 5.55. The lowest BCUT2D eigenvalue weighted by atomic mass is 10.0. The van der Waals surface area contributed by atoms with E-state index >= 15 is 0 Å². The first-order valence-corrected chi connectivity index (χ1v) is 5.55. The summed E-state index contributed by atoms with van der Waals surface area (Å²) in [6.45, 7) is -0.303. The molecule has 0 amide bonds. The molecule has 0 aliphatic carbocycles. The van der Waals surface area contributed by atoms with E-state index in [2.05, 4.69) is 0 Å². The summed E-state index contributed by atoms with van der Waals surface area (Å²) in [5.74, 6) is 0.574. The minimum atomic E-state index is -0.909. The van der Waals surface area contributed by atoms with Gasteiger partial charge < -0.3 is 24.8 Å². The molecule has 3 N–H and O–H groups in total. The second-order valence-electron chi connectivity index (χ2n) is 4.03. The number of para-hydroxylation sites is 1. The summed E-state index contributed by atoms with van der Waals surface area (Å²) in [7, 11) is 0. The van der Waals surface area contributed by atoms with Crippen LogP contribution in [0, 0.1) is 0 Å². The summed E-state index contributed by atoms with van der Waals surface area (Å²) >= 11 is 0. The van der Waals surface area contributed by atoms with Gasteiger partial charge in [-0.3, -0.25) is 0 Å². The van der Waals surface area contributed by atoms with E-state index in [1.807, 2.05) is 18.2 Å². The highest BCUT2D eigenvalue weighted by atomic mass is 16.7. The second-order valence-corrected chi connectivity index (χ2v) is 4.03. The number of aliphatic hydroxyl groups excluding tert-OH is 3. The summed E-state index contributed by atoms with van der Waals surface area (Å²) in [6.07, 6.45) is -3.23. The zero-order chi connectivity index (χ0) is 12.3. The van der Waals surface area contributed by atoms with Crippen LogP contribution >= 0.6 is 0 Å². The highest BCUT2D eigenvalue weighted by Crippen LogP contribution is 2.23. The van der Waals surface area contributed by atoms with Crippen molar-refractivity contribution >= 4 is 0 Å². The molecule has 0 bridgehead atoms. The van der Waals surface area contributed by atoms with E-state index in [1.54, 1.807) is 12.1 Å². The third-order valence-corrected chi connectivity index (χ3v) is 2.71. The first kappa shape index (κ1) is 12.3. The molecule has 0 spiro atoms. The molecule has 0 radical (unpaired) electrons. The van der Waals surface area contributed by atoms with E-state index in [1.165, 1.54) is 0 Å². The number of hydrogen-bond donors (Lipinski definition) is 3. The van der Waals surface area contributed by atoms with Crippen LogP contribution in [0.25, 0.3) is 0 Å². The van der Waals surface area contributed by atoms with Crippen LogP contribution in [0.2, 0.25) is 0 Å². The maximum absolute atomic E-state index is 9.72. The van der Waals surface area contributed by atoms with E-state index in [-0.39, 0.29) is 13.0 Å². The van der Waals surface area contributed by atoms with Crippen molar-refractivity contribution in [3.05, 3.63) is 30.3 Å². The summed E-state index contributed by atoms with van der Waals surface area (Å²) < 4.78 is 10.7. The SMILES string of the molecule is OC[C@H]1O[C@H](Oc2ccccc2)[C@H](O)C[C@@H]1O. The number of benzene rings is 1. The van der Waals surface area contributed by atoms with E-state index < -0.39 is 24.6 Å². The Morgan fingerprint density at radius 1 is 1.18 bits per heavy atom. The fourth-order valence-corrected chi connectivity index (χ4v) is 1.77. The van der Waals surface area contributed by atoms with Gasteiger partial charge in [-0.05, 0) is 12.1 Å². The average molecular weight is 240 g/mol. The fourth-order valence-electron chi connectivity index (χ4n) is 1.77. The molecule has 5 nitrogen and oxygen atoms in total. The van der Waals surface area contributed by atoms with Crippen molar-refractivity contribution < 1.29 is 24.8 Å². The number of rotatable bonds is 3. The van der Waals surface area contributed by atoms with E-state index in [0.29, 0.717) is 5.75 Å². The Balaban J connectivity index is 2.00. The van der Waals surface area contributed by atoms with Crippen molar-refractivity contribution in [1.82, 2.24) is 0 Å². The molecule has 1 saturated heterocycles. The van der Waals surface area contributed by atoms with Crippen LogP contribution < -0.4 is 4.74 Å². The van der Waals surface area contributed by atoms with Gasteiger partial charge in [-0.25, -0.2) is 0 Å². The Morgan fingerprint density at radius 3 is 2.53 bits per heavy atom. The van der Waals surface area contributed by atoms with Gasteiger partial charge in [0.2, 0.25) is 6.29 Å². The lowest BCUT2D eigenvalue weighted by molar-refractivity contribution is -0.240. The van der Waals surface area contributed by atoms with E-state index in [9.17, 15) is 10.2 Å². The smallest absolute Gasteiger partial charge is 0.226 e.